The van der Waals surface area contributed by atoms with Gasteiger partial charge >= 0.3 is 0 Å². The molecule has 0 amide bonds. The second kappa shape index (κ2) is 31.8. The van der Waals surface area contributed by atoms with Crippen molar-refractivity contribution in [2.75, 3.05) is 13.1 Å². The summed E-state index contributed by atoms with van der Waals surface area (Å²) in [7, 11) is 0. The summed E-state index contributed by atoms with van der Waals surface area (Å²) in [6.45, 7) is 7.35. The second-order valence-corrected chi connectivity index (χ2v) is 12.8. The molecule has 0 spiro atoms. The highest BCUT2D eigenvalue weighted by Crippen LogP contribution is 2.21. The second-order valence-electron chi connectivity index (χ2n) is 12.8. The fraction of sp³-hybridized carbons (Fsp3) is 1.00. The van der Waals surface area contributed by atoms with Crippen LogP contribution in [0, 0.1) is 0 Å². The van der Waals surface area contributed by atoms with Gasteiger partial charge in [0.1, 0.15) is 0 Å². The van der Waals surface area contributed by atoms with E-state index in [1.54, 1.807) is 0 Å². The van der Waals surface area contributed by atoms with E-state index in [4.69, 9.17) is 0 Å². The van der Waals surface area contributed by atoms with Gasteiger partial charge in [-0.1, -0.05) is 194 Å². The summed E-state index contributed by atoms with van der Waals surface area (Å²) < 4.78 is 0. The van der Waals surface area contributed by atoms with E-state index in [2.05, 4.69) is 18.7 Å². The molecule has 0 bridgehead atoms. The lowest BCUT2D eigenvalue weighted by Gasteiger charge is -2.31. The van der Waals surface area contributed by atoms with Gasteiger partial charge in [-0.05, 0) is 32.4 Å². The average Bonchev–Trinajstić information content (AvgIpc) is 2.90. The van der Waals surface area contributed by atoms with Crippen molar-refractivity contribution in [3.63, 3.8) is 0 Å². The van der Waals surface area contributed by atoms with Gasteiger partial charge in [0.25, 0.3) is 0 Å². The van der Waals surface area contributed by atoms with Crippen LogP contribution in [0.5, 0.6) is 0 Å². The summed E-state index contributed by atoms with van der Waals surface area (Å²) in [5, 5.41) is 0. The third-order valence-corrected chi connectivity index (χ3v) is 9.30. The van der Waals surface area contributed by atoms with Crippen LogP contribution in [-0.4, -0.2) is 24.0 Å². The van der Waals surface area contributed by atoms with Gasteiger partial charge in [0.2, 0.25) is 0 Å². The highest BCUT2D eigenvalue weighted by Gasteiger charge is 2.16. The maximum atomic E-state index is 2.86. The molecule has 1 fully saturated rings. The number of halogens is 1. The van der Waals surface area contributed by atoms with Crippen LogP contribution < -0.4 is 0 Å². The maximum Gasteiger partial charge on any atom is 0.00951 e. The number of hydrogen-bond acceptors (Lipinski definition) is 1. The Bertz CT molecular complexity index is 414. The molecule has 1 nitrogen and oxygen atoms in total. The molecular weight excluding hydrogens is 482 g/mol. The van der Waals surface area contributed by atoms with Crippen LogP contribution in [-0.2, 0) is 0 Å². The van der Waals surface area contributed by atoms with E-state index in [1.807, 2.05) is 0 Å². The van der Waals surface area contributed by atoms with Crippen molar-refractivity contribution in [1.82, 2.24) is 4.90 Å². The van der Waals surface area contributed by atoms with Gasteiger partial charge in [-0.3, -0.25) is 0 Å². The Kier molecular flexibility index (Phi) is 32.0. The minimum absolute atomic E-state index is 0. The summed E-state index contributed by atoms with van der Waals surface area (Å²) >= 11 is 0. The van der Waals surface area contributed by atoms with Crippen LogP contribution in [0.3, 0.4) is 0 Å². The highest BCUT2D eigenvalue weighted by molar-refractivity contribution is 5.85. The average molecular weight is 556 g/mol. The first kappa shape index (κ1) is 38.2. The first-order valence-corrected chi connectivity index (χ1v) is 18.1. The summed E-state index contributed by atoms with van der Waals surface area (Å²) in [6, 6.07) is 0.879. The van der Waals surface area contributed by atoms with E-state index in [0.29, 0.717) is 0 Å². The third-order valence-electron chi connectivity index (χ3n) is 9.30. The van der Waals surface area contributed by atoms with Crippen molar-refractivity contribution < 1.29 is 0 Å². The lowest BCUT2D eigenvalue weighted by Crippen LogP contribution is -2.36. The van der Waals surface area contributed by atoms with Gasteiger partial charge in [-0.2, -0.15) is 0 Å². The fourth-order valence-corrected chi connectivity index (χ4v) is 6.68. The summed E-state index contributed by atoms with van der Waals surface area (Å²) in [4.78, 5) is 2.86. The number of nitrogens with zero attached hydrogens (tertiary/aromatic N) is 1. The van der Waals surface area contributed by atoms with Crippen LogP contribution in [0.2, 0.25) is 0 Å². The number of rotatable bonds is 23. The Morgan fingerprint density at radius 1 is 0.395 bits per heavy atom. The first-order valence-electron chi connectivity index (χ1n) is 18.1. The lowest BCUT2D eigenvalue weighted by atomic mass is 9.96. The largest absolute Gasteiger partial charge is 0.301 e. The summed E-state index contributed by atoms with van der Waals surface area (Å²) in [5.41, 5.74) is 0. The molecule has 0 unspecified atom stereocenters. The van der Waals surface area contributed by atoms with Crippen LogP contribution in [0.25, 0.3) is 0 Å². The molecule has 1 aliphatic carbocycles. The predicted octanol–water partition coefficient (Wildman–Crippen LogP) is 13.2. The van der Waals surface area contributed by atoms with Gasteiger partial charge in [0.05, 0.1) is 0 Å². The Morgan fingerprint density at radius 3 is 1.00 bits per heavy atom. The van der Waals surface area contributed by atoms with E-state index < -0.39 is 0 Å². The lowest BCUT2D eigenvalue weighted by molar-refractivity contribution is 0.174. The minimum atomic E-state index is 0. The quantitative estimate of drug-likeness (QED) is 0.113. The van der Waals surface area contributed by atoms with Crippen molar-refractivity contribution in [2.45, 2.75) is 219 Å². The third kappa shape index (κ3) is 25.2. The monoisotopic (exact) mass is 556 g/mol. The molecule has 1 rings (SSSR count). The standard InChI is InChI=1S/C36H73N.ClH/c1-3-5-6-7-8-9-10-11-12-13-14-15-16-17-18-19-23-26-29-32-35-37(4-2)36-33-30-27-24-21-20-22-25-28-31-34-36;/h36H,3-35H2,1-2H3;1H. The van der Waals surface area contributed by atoms with Gasteiger partial charge < -0.3 is 4.90 Å². The molecule has 0 aromatic carbocycles. The minimum Gasteiger partial charge on any atom is -0.301 e. The zero-order valence-electron chi connectivity index (χ0n) is 26.8. The summed E-state index contributed by atoms with van der Waals surface area (Å²) in [6.07, 6.45) is 45.7. The Morgan fingerprint density at radius 2 is 0.684 bits per heavy atom. The maximum absolute atomic E-state index is 2.86. The van der Waals surface area contributed by atoms with Crippen LogP contribution >= 0.6 is 12.4 Å². The highest BCUT2D eigenvalue weighted by atomic mass is 35.5. The molecule has 0 saturated heterocycles. The first-order chi connectivity index (χ1) is 18.4. The van der Waals surface area contributed by atoms with Crippen LogP contribution in [0.1, 0.15) is 213 Å². The summed E-state index contributed by atoms with van der Waals surface area (Å²) in [5.74, 6) is 0. The molecule has 0 heterocycles. The predicted molar refractivity (Wildman–Crippen MR) is 177 cm³/mol. The molecule has 0 N–H and O–H groups in total. The van der Waals surface area contributed by atoms with Crippen LogP contribution in [0.15, 0.2) is 0 Å². The zero-order valence-corrected chi connectivity index (χ0v) is 27.6. The molecule has 1 aliphatic rings. The van der Waals surface area contributed by atoms with Gasteiger partial charge in [-0.25, -0.2) is 0 Å². The zero-order chi connectivity index (χ0) is 26.5. The van der Waals surface area contributed by atoms with E-state index in [-0.39, 0.29) is 12.4 Å². The SMILES string of the molecule is CCCCCCCCCCCCCCCCCCCCCCN(CC)C1CCCCCCCCCCC1.Cl. The van der Waals surface area contributed by atoms with Crippen molar-refractivity contribution in [3.05, 3.63) is 0 Å². The van der Waals surface area contributed by atoms with Gasteiger partial charge in [-0.15, -0.1) is 12.4 Å². The Hall–Kier alpha value is 0.250. The van der Waals surface area contributed by atoms with Crippen molar-refractivity contribution in [2.24, 2.45) is 0 Å². The Labute approximate surface area is 248 Å². The van der Waals surface area contributed by atoms with E-state index in [0.717, 1.165) is 6.04 Å². The molecule has 230 valence electrons. The van der Waals surface area contributed by atoms with E-state index in [9.17, 15) is 0 Å². The van der Waals surface area contributed by atoms with Gasteiger partial charge in [0, 0.05) is 6.04 Å². The van der Waals surface area contributed by atoms with Crippen molar-refractivity contribution in [1.29, 1.82) is 0 Å². The van der Waals surface area contributed by atoms with E-state index >= 15 is 0 Å². The molecule has 0 atom stereocenters. The molecule has 0 aliphatic heterocycles. The molecule has 2 heteroatoms. The Balaban J connectivity index is 0.0000137. The smallest absolute Gasteiger partial charge is 0.00951 e. The van der Waals surface area contributed by atoms with E-state index in [1.165, 1.54) is 212 Å². The number of hydrogen-bond donors (Lipinski definition) is 0. The topological polar surface area (TPSA) is 3.24 Å². The van der Waals surface area contributed by atoms with Gasteiger partial charge in [0.15, 0.2) is 0 Å². The molecule has 0 aromatic rings. The molecule has 0 aromatic heterocycles. The van der Waals surface area contributed by atoms with Crippen molar-refractivity contribution in [3.8, 4) is 0 Å². The van der Waals surface area contributed by atoms with Crippen LogP contribution in [0.4, 0.5) is 0 Å². The number of unbranched alkanes of at least 4 members (excludes halogenated alkanes) is 19. The molecule has 38 heavy (non-hydrogen) atoms. The normalized spacial score (nSPS) is 16.2. The van der Waals surface area contributed by atoms with Crippen molar-refractivity contribution >= 4 is 12.4 Å². The molecule has 0 radical (unpaired) electrons. The molecule has 1 saturated carbocycles. The fourth-order valence-electron chi connectivity index (χ4n) is 6.68. The molecular formula is C36H74ClN.